The van der Waals surface area contributed by atoms with Gasteiger partial charge in [0.05, 0.1) is 24.9 Å². The molecule has 0 bridgehead atoms. The average Bonchev–Trinajstić information content (AvgIpc) is 2.74. The standard InChI is InChI=1S/C11H20N2O3S/c1-4-8(2)17-7-10-12-11(16-13-10)5-9(14)6-15-3/h8-9,14H,4-7H2,1-3H3. The van der Waals surface area contributed by atoms with Crippen molar-refractivity contribution in [2.45, 2.75) is 43.8 Å². The van der Waals surface area contributed by atoms with Crippen LogP contribution < -0.4 is 0 Å². The van der Waals surface area contributed by atoms with E-state index < -0.39 is 6.10 Å². The van der Waals surface area contributed by atoms with Crippen molar-refractivity contribution in [3.05, 3.63) is 11.7 Å². The minimum atomic E-state index is -0.587. The number of aromatic nitrogens is 2. The maximum atomic E-state index is 9.51. The number of nitrogens with zero attached hydrogens (tertiary/aromatic N) is 2. The predicted molar refractivity (Wildman–Crippen MR) is 66.9 cm³/mol. The average molecular weight is 260 g/mol. The van der Waals surface area contributed by atoms with Crippen molar-refractivity contribution in [3.63, 3.8) is 0 Å². The topological polar surface area (TPSA) is 68.4 Å². The van der Waals surface area contributed by atoms with E-state index >= 15 is 0 Å². The van der Waals surface area contributed by atoms with Gasteiger partial charge in [0.25, 0.3) is 0 Å². The Morgan fingerprint density at radius 1 is 1.53 bits per heavy atom. The van der Waals surface area contributed by atoms with E-state index in [1.54, 1.807) is 18.9 Å². The fourth-order valence-corrected chi connectivity index (χ4v) is 2.01. The normalized spacial score (nSPS) is 14.8. The molecule has 2 unspecified atom stereocenters. The number of hydrogen-bond donors (Lipinski definition) is 1. The lowest BCUT2D eigenvalue weighted by molar-refractivity contribution is 0.0599. The molecule has 0 aliphatic rings. The van der Waals surface area contributed by atoms with Crippen molar-refractivity contribution >= 4 is 11.8 Å². The first-order chi connectivity index (χ1) is 8.15. The van der Waals surface area contributed by atoms with Gasteiger partial charge in [-0.3, -0.25) is 0 Å². The van der Waals surface area contributed by atoms with Crippen LogP contribution in [0.3, 0.4) is 0 Å². The zero-order valence-electron chi connectivity index (χ0n) is 10.5. The Hall–Kier alpha value is -0.590. The maximum Gasteiger partial charge on any atom is 0.229 e. The molecule has 0 aromatic carbocycles. The van der Waals surface area contributed by atoms with Crippen LogP contribution >= 0.6 is 11.8 Å². The molecule has 0 aliphatic carbocycles. The van der Waals surface area contributed by atoms with Crippen LogP contribution in [0.1, 0.15) is 32.0 Å². The Bertz CT molecular complexity index is 319. The first-order valence-corrected chi connectivity index (χ1v) is 6.80. The molecule has 1 heterocycles. The van der Waals surface area contributed by atoms with Crippen molar-refractivity contribution in [1.82, 2.24) is 10.1 Å². The Morgan fingerprint density at radius 3 is 2.94 bits per heavy atom. The summed E-state index contributed by atoms with van der Waals surface area (Å²) in [5.41, 5.74) is 0. The van der Waals surface area contributed by atoms with Crippen LogP contribution in [-0.4, -0.2) is 40.3 Å². The molecule has 6 heteroatoms. The molecule has 98 valence electrons. The van der Waals surface area contributed by atoms with Crippen LogP contribution in [0.15, 0.2) is 4.52 Å². The van der Waals surface area contributed by atoms with Gasteiger partial charge < -0.3 is 14.4 Å². The molecule has 0 saturated heterocycles. The second kappa shape index (κ2) is 7.68. The number of thioether (sulfide) groups is 1. The predicted octanol–water partition coefficient (Wildman–Crippen LogP) is 1.65. The van der Waals surface area contributed by atoms with E-state index in [9.17, 15) is 5.11 Å². The molecule has 0 aliphatic heterocycles. The minimum Gasteiger partial charge on any atom is -0.390 e. The Kier molecular flexibility index (Phi) is 6.54. The lowest BCUT2D eigenvalue weighted by Crippen LogP contribution is -2.17. The van der Waals surface area contributed by atoms with Crippen LogP contribution in [0, 0.1) is 0 Å². The Morgan fingerprint density at radius 2 is 2.29 bits per heavy atom. The molecule has 0 fully saturated rings. The molecule has 1 N–H and O–H groups in total. The second-order valence-corrected chi connectivity index (χ2v) is 5.37. The molecule has 0 spiro atoms. The Labute approximate surface area is 106 Å². The van der Waals surface area contributed by atoms with Gasteiger partial charge >= 0.3 is 0 Å². The van der Waals surface area contributed by atoms with Crippen LogP contribution in [0.4, 0.5) is 0 Å². The largest absolute Gasteiger partial charge is 0.390 e. The summed E-state index contributed by atoms with van der Waals surface area (Å²) in [7, 11) is 1.55. The highest BCUT2D eigenvalue weighted by Gasteiger charge is 2.12. The van der Waals surface area contributed by atoms with E-state index in [4.69, 9.17) is 9.26 Å². The molecule has 1 aromatic heterocycles. The van der Waals surface area contributed by atoms with Crippen molar-refractivity contribution in [2.75, 3.05) is 13.7 Å². The van der Waals surface area contributed by atoms with Gasteiger partial charge in [0.2, 0.25) is 5.89 Å². The van der Waals surface area contributed by atoms with Crippen LogP contribution in [-0.2, 0) is 16.9 Å². The number of aliphatic hydroxyl groups is 1. The van der Waals surface area contributed by atoms with E-state index in [2.05, 4.69) is 24.0 Å². The van der Waals surface area contributed by atoms with Gasteiger partial charge in [-0.2, -0.15) is 16.7 Å². The van der Waals surface area contributed by atoms with Crippen LogP contribution in [0.2, 0.25) is 0 Å². The summed E-state index contributed by atoms with van der Waals surface area (Å²) >= 11 is 1.80. The van der Waals surface area contributed by atoms with Crippen molar-refractivity contribution in [3.8, 4) is 0 Å². The second-order valence-electron chi connectivity index (χ2n) is 3.95. The molecule has 0 saturated carbocycles. The first kappa shape index (κ1) is 14.5. The quantitative estimate of drug-likeness (QED) is 0.766. The summed E-state index contributed by atoms with van der Waals surface area (Å²) in [6, 6.07) is 0. The fourth-order valence-electron chi connectivity index (χ4n) is 1.22. The summed E-state index contributed by atoms with van der Waals surface area (Å²) in [5.74, 6) is 1.91. The minimum absolute atomic E-state index is 0.277. The van der Waals surface area contributed by atoms with Gasteiger partial charge in [-0.25, -0.2) is 0 Å². The monoisotopic (exact) mass is 260 g/mol. The highest BCUT2D eigenvalue weighted by molar-refractivity contribution is 7.99. The third-order valence-corrected chi connectivity index (χ3v) is 3.68. The zero-order chi connectivity index (χ0) is 12.7. The molecule has 5 nitrogen and oxygen atoms in total. The third-order valence-electron chi connectivity index (χ3n) is 2.35. The molecule has 1 rings (SSSR count). The summed E-state index contributed by atoms with van der Waals surface area (Å²) in [4.78, 5) is 4.22. The number of hydrogen-bond acceptors (Lipinski definition) is 6. The number of aliphatic hydroxyl groups excluding tert-OH is 1. The van der Waals surface area contributed by atoms with Crippen LogP contribution in [0.5, 0.6) is 0 Å². The van der Waals surface area contributed by atoms with E-state index in [-0.39, 0.29) is 6.61 Å². The van der Waals surface area contributed by atoms with E-state index in [1.807, 2.05) is 0 Å². The summed E-state index contributed by atoms with van der Waals surface area (Å²) < 4.78 is 9.89. The molecule has 2 atom stereocenters. The van der Waals surface area contributed by atoms with E-state index in [0.29, 0.717) is 23.4 Å². The highest BCUT2D eigenvalue weighted by Crippen LogP contribution is 2.18. The van der Waals surface area contributed by atoms with E-state index in [0.717, 1.165) is 12.2 Å². The first-order valence-electron chi connectivity index (χ1n) is 5.75. The Balaban J connectivity index is 2.37. The van der Waals surface area contributed by atoms with Gasteiger partial charge in [0.15, 0.2) is 5.82 Å². The lowest BCUT2D eigenvalue weighted by Gasteiger charge is -2.05. The molecular formula is C11H20N2O3S. The molecule has 17 heavy (non-hydrogen) atoms. The fraction of sp³-hybridized carbons (Fsp3) is 0.818. The summed E-state index contributed by atoms with van der Waals surface area (Å²) in [6.07, 6.45) is 0.882. The molecule has 0 radical (unpaired) electrons. The van der Waals surface area contributed by atoms with Crippen LogP contribution in [0.25, 0.3) is 0 Å². The lowest BCUT2D eigenvalue weighted by atomic mass is 10.3. The molecule has 0 amide bonds. The van der Waals surface area contributed by atoms with Gasteiger partial charge in [-0.05, 0) is 6.42 Å². The zero-order valence-corrected chi connectivity index (χ0v) is 11.4. The van der Waals surface area contributed by atoms with Crippen molar-refractivity contribution in [2.24, 2.45) is 0 Å². The number of rotatable bonds is 8. The molecular weight excluding hydrogens is 240 g/mol. The smallest absolute Gasteiger partial charge is 0.229 e. The summed E-state index contributed by atoms with van der Waals surface area (Å²) in [6.45, 7) is 4.60. The molecule has 1 aromatic rings. The van der Waals surface area contributed by atoms with Gasteiger partial charge in [-0.1, -0.05) is 19.0 Å². The maximum absolute atomic E-state index is 9.51. The number of ether oxygens (including phenoxy) is 1. The third kappa shape index (κ3) is 5.52. The highest BCUT2D eigenvalue weighted by atomic mass is 32.2. The van der Waals surface area contributed by atoms with Gasteiger partial charge in [0, 0.05) is 12.4 Å². The summed E-state index contributed by atoms with van der Waals surface area (Å²) in [5, 5.41) is 14.0. The number of methoxy groups -OCH3 is 1. The van der Waals surface area contributed by atoms with Crippen molar-refractivity contribution in [1.29, 1.82) is 0 Å². The van der Waals surface area contributed by atoms with Gasteiger partial charge in [-0.15, -0.1) is 0 Å². The van der Waals surface area contributed by atoms with E-state index in [1.165, 1.54) is 0 Å². The van der Waals surface area contributed by atoms with Crippen molar-refractivity contribution < 1.29 is 14.4 Å². The SMILES string of the molecule is CCC(C)SCc1noc(CC(O)COC)n1. The van der Waals surface area contributed by atoms with Gasteiger partial charge in [0.1, 0.15) is 0 Å².